The van der Waals surface area contributed by atoms with Crippen LogP contribution in [0.3, 0.4) is 0 Å². The number of nitrogens with one attached hydrogen (secondary N) is 1. The molecule has 2 aromatic carbocycles. The average Bonchev–Trinajstić information content (AvgIpc) is 3.16. The normalized spacial score (nSPS) is 16.1. The lowest BCUT2D eigenvalue weighted by molar-refractivity contribution is 0.0227. The Balaban J connectivity index is 1.59. The maximum Gasteiger partial charge on any atom is 0.270 e. The number of benzene rings is 2. The van der Waals surface area contributed by atoms with Gasteiger partial charge < -0.3 is 14.6 Å². The zero-order valence-corrected chi connectivity index (χ0v) is 17.2. The number of amides is 1. The standard InChI is InChI=1S/C24H29N3O2/c1-18-8-9-21-15-23(25-22(21)14-18)24(28)27(17-20-6-4-3-5-7-20)19(2)16-26-10-12-29-13-11-26/h3-9,14-15,19,25H,10-13,16-17H2,1-2H3. The molecule has 1 amide bonds. The number of rotatable bonds is 6. The third-order valence-electron chi connectivity index (χ3n) is 5.62. The Morgan fingerprint density at radius 3 is 2.66 bits per heavy atom. The molecule has 0 aliphatic carbocycles. The average molecular weight is 392 g/mol. The number of morpholine rings is 1. The molecule has 0 spiro atoms. The number of fused-ring (bicyclic) bond motifs is 1. The van der Waals surface area contributed by atoms with E-state index < -0.39 is 0 Å². The molecular formula is C24H29N3O2. The summed E-state index contributed by atoms with van der Waals surface area (Å²) in [5, 5.41) is 1.07. The largest absolute Gasteiger partial charge is 0.379 e. The topological polar surface area (TPSA) is 48.6 Å². The number of H-pyrrole nitrogens is 1. The van der Waals surface area contributed by atoms with Crippen LogP contribution in [0.5, 0.6) is 0 Å². The van der Waals surface area contributed by atoms with E-state index in [1.54, 1.807) is 0 Å². The summed E-state index contributed by atoms with van der Waals surface area (Å²) >= 11 is 0. The molecular weight excluding hydrogens is 362 g/mol. The summed E-state index contributed by atoms with van der Waals surface area (Å²) in [6.07, 6.45) is 0. The van der Waals surface area contributed by atoms with Gasteiger partial charge in [0, 0.05) is 43.1 Å². The molecule has 1 aliphatic rings. The highest BCUT2D eigenvalue weighted by atomic mass is 16.5. The minimum Gasteiger partial charge on any atom is -0.379 e. The van der Waals surface area contributed by atoms with Crippen molar-refractivity contribution in [2.24, 2.45) is 0 Å². The maximum atomic E-state index is 13.5. The third kappa shape index (κ3) is 4.69. The van der Waals surface area contributed by atoms with Crippen molar-refractivity contribution in [3.05, 3.63) is 71.4 Å². The van der Waals surface area contributed by atoms with Crippen LogP contribution in [0.4, 0.5) is 0 Å². The molecule has 1 aromatic heterocycles. The van der Waals surface area contributed by atoms with Gasteiger partial charge in [-0.1, -0.05) is 42.5 Å². The Hall–Kier alpha value is -2.63. The van der Waals surface area contributed by atoms with Crippen molar-refractivity contribution in [1.29, 1.82) is 0 Å². The number of hydrogen-bond acceptors (Lipinski definition) is 3. The minimum absolute atomic E-state index is 0.0449. The monoisotopic (exact) mass is 391 g/mol. The van der Waals surface area contributed by atoms with Gasteiger partial charge in [0.25, 0.3) is 5.91 Å². The molecule has 1 atom stereocenters. The number of carbonyl (C=O) groups excluding carboxylic acids is 1. The molecule has 0 saturated carbocycles. The van der Waals surface area contributed by atoms with E-state index in [1.807, 2.05) is 29.2 Å². The SMILES string of the molecule is Cc1ccc2cc(C(=O)N(Cc3ccccc3)C(C)CN3CCOCC3)[nH]c2c1. The highest BCUT2D eigenvalue weighted by Gasteiger charge is 2.25. The molecule has 2 heterocycles. The molecule has 152 valence electrons. The highest BCUT2D eigenvalue weighted by Crippen LogP contribution is 2.20. The Morgan fingerprint density at radius 1 is 1.14 bits per heavy atom. The van der Waals surface area contributed by atoms with Crippen LogP contribution in [-0.4, -0.2) is 59.6 Å². The van der Waals surface area contributed by atoms with Crippen LogP contribution in [0, 0.1) is 6.92 Å². The van der Waals surface area contributed by atoms with Gasteiger partial charge in [0.05, 0.1) is 13.2 Å². The zero-order valence-electron chi connectivity index (χ0n) is 17.2. The number of aromatic amines is 1. The molecule has 1 saturated heterocycles. The number of aryl methyl sites for hydroxylation is 1. The Kier molecular flexibility index (Phi) is 5.97. The summed E-state index contributed by atoms with van der Waals surface area (Å²) in [5.41, 5.74) is 3.98. The Labute approximate surface area is 172 Å². The molecule has 5 nitrogen and oxygen atoms in total. The second-order valence-corrected chi connectivity index (χ2v) is 7.95. The first-order valence-corrected chi connectivity index (χ1v) is 10.3. The van der Waals surface area contributed by atoms with Crippen molar-refractivity contribution in [2.45, 2.75) is 26.4 Å². The van der Waals surface area contributed by atoms with Crippen LogP contribution in [0.2, 0.25) is 0 Å². The van der Waals surface area contributed by atoms with Crippen molar-refractivity contribution < 1.29 is 9.53 Å². The van der Waals surface area contributed by atoms with Gasteiger partial charge in [-0.15, -0.1) is 0 Å². The van der Waals surface area contributed by atoms with Crippen LogP contribution in [-0.2, 0) is 11.3 Å². The summed E-state index contributed by atoms with van der Waals surface area (Å²) in [6.45, 7) is 9.02. The van der Waals surface area contributed by atoms with E-state index in [4.69, 9.17) is 4.74 Å². The second kappa shape index (κ2) is 8.80. The van der Waals surface area contributed by atoms with Crippen LogP contribution in [0.25, 0.3) is 10.9 Å². The van der Waals surface area contributed by atoms with Crippen molar-refractivity contribution >= 4 is 16.8 Å². The minimum atomic E-state index is 0.0449. The van der Waals surface area contributed by atoms with E-state index in [-0.39, 0.29) is 11.9 Å². The molecule has 5 heteroatoms. The number of aromatic nitrogens is 1. The zero-order chi connectivity index (χ0) is 20.2. The van der Waals surface area contributed by atoms with Crippen molar-refractivity contribution in [3.8, 4) is 0 Å². The lowest BCUT2D eigenvalue weighted by Crippen LogP contribution is -2.48. The highest BCUT2D eigenvalue weighted by molar-refractivity contribution is 5.98. The summed E-state index contributed by atoms with van der Waals surface area (Å²) < 4.78 is 5.47. The molecule has 1 aliphatic heterocycles. The summed E-state index contributed by atoms with van der Waals surface area (Å²) in [7, 11) is 0. The molecule has 1 unspecified atom stereocenters. The van der Waals surface area contributed by atoms with Gasteiger partial charge in [0.2, 0.25) is 0 Å². The van der Waals surface area contributed by atoms with Gasteiger partial charge >= 0.3 is 0 Å². The number of ether oxygens (including phenoxy) is 1. The van der Waals surface area contributed by atoms with E-state index in [1.165, 1.54) is 5.56 Å². The fourth-order valence-corrected chi connectivity index (χ4v) is 3.97. The summed E-state index contributed by atoms with van der Waals surface area (Å²) in [4.78, 5) is 21.2. The first-order valence-electron chi connectivity index (χ1n) is 10.3. The smallest absolute Gasteiger partial charge is 0.270 e. The third-order valence-corrected chi connectivity index (χ3v) is 5.62. The van der Waals surface area contributed by atoms with Gasteiger partial charge in [-0.3, -0.25) is 9.69 Å². The molecule has 3 aromatic rings. The molecule has 29 heavy (non-hydrogen) atoms. The first kappa shape index (κ1) is 19.7. The van der Waals surface area contributed by atoms with Gasteiger partial charge in [0.15, 0.2) is 0 Å². The summed E-state index contributed by atoms with van der Waals surface area (Å²) in [5.74, 6) is 0.0449. The fourth-order valence-electron chi connectivity index (χ4n) is 3.97. The number of carbonyl (C=O) groups is 1. The van der Waals surface area contributed by atoms with E-state index in [9.17, 15) is 4.79 Å². The van der Waals surface area contributed by atoms with Crippen molar-refractivity contribution in [2.75, 3.05) is 32.8 Å². The molecule has 1 fully saturated rings. The van der Waals surface area contributed by atoms with Crippen LogP contribution in [0.15, 0.2) is 54.6 Å². The fraction of sp³-hybridized carbons (Fsp3) is 0.375. The summed E-state index contributed by atoms with van der Waals surface area (Å²) in [6, 6.07) is 18.5. The van der Waals surface area contributed by atoms with Crippen molar-refractivity contribution in [1.82, 2.24) is 14.8 Å². The lowest BCUT2D eigenvalue weighted by atomic mass is 10.1. The number of nitrogens with zero attached hydrogens (tertiary/aromatic N) is 2. The molecule has 4 rings (SSSR count). The van der Waals surface area contributed by atoms with Gasteiger partial charge in [-0.2, -0.15) is 0 Å². The van der Waals surface area contributed by atoms with Crippen LogP contribution in [0.1, 0.15) is 28.5 Å². The molecule has 0 bridgehead atoms. The van der Waals surface area contributed by atoms with Crippen LogP contribution < -0.4 is 0 Å². The number of hydrogen-bond donors (Lipinski definition) is 1. The van der Waals surface area contributed by atoms with Gasteiger partial charge in [-0.25, -0.2) is 0 Å². The predicted molar refractivity (Wildman–Crippen MR) is 116 cm³/mol. The lowest BCUT2D eigenvalue weighted by Gasteiger charge is -2.35. The quantitative estimate of drug-likeness (QED) is 0.695. The van der Waals surface area contributed by atoms with Crippen LogP contribution >= 0.6 is 0 Å². The molecule has 0 radical (unpaired) electrons. The predicted octanol–water partition coefficient (Wildman–Crippen LogP) is 3.84. The Bertz CT molecular complexity index is 961. The van der Waals surface area contributed by atoms with E-state index in [0.29, 0.717) is 12.2 Å². The second-order valence-electron chi connectivity index (χ2n) is 7.95. The molecule has 1 N–H and O–H groups in total. The van der Waals surface area contributed by atoms with Gasteiger partial charge in [-0.05, 0) is 37.1 Å². The maximum absolute atomic E-state index is 13.5. The van der Waals surface area contributed by atoms with Crippen molar-refractivity contribution in [3.63, 3.8) is 0 Å². The van der Waals surface area contributed by atoms with Gasteiger partial charge in [0.1, 0.15) is 5.69 Å². The first-order chi connectivity index (χ1) is 14.1. The van der Waals surface area contributed by atoms with E-state index in [2.05, 4.69) is 54.1 Å². The Morgan fingerprint density at radius 2 is 1.90 bits per heavy atom. The van der Waals surface area contributed by atoms with E-state index >= 15 is 0 Å². The van der Waals surface area contributed by atoms with E-state index in [0.717, 1.165) is 49.3 Å².